The van der Waals surface area contributed by atoms with Crippen molar-refractivity contribution in [2.24, 2.45) is 0 Å². The summed E-state index contributed by atoms with van der Waals surface area (Å²) in [7, 11) is 2.98. The van der Waals surface area contributed by atoms with Gasteiger partial charge in [-0.25, -0.2) is 14.3 Å². The summed E-state index contributed by atoms with van der Waals surface area (Å²) in [6, 6.07) is 37.2. The Morgan fingerprint density at radius 2 is 1.02 bits per heavy atom. The van der Waals surface area contributed by atoms with Crippen molar-refractivity contribution in [1.29, 1.82) is 0 Å². The molecule has 2 aliphatic heterocycles. The molecule has 6 aromatic rings. The van der Waals surface area contributed by atoms with E-state index in [0.717, 1.165) is 62.2 Å². The van der Waals surface area contributed by atoms with E-state index in [2.05, 4.69) is 74.1 Å². The molecular formula is C68H74N10O10S. The standard InChI is InChI=1S/C68H74N10O10S/c1-44(74(5)67(83)87-42-58-54-32-16-12-28-50(54)51-29-13-17-33-55(51)58)62(79)69-60(64(81)76-36-20-21-37-76)46(3)85-39-22-7-8-23-40-86-47(4)61(65(82)77-38-24-25-48(77)41-78-66(71-72-73-78)89-49-26-10-9-11-27-49)70-63(80)45(2)75(6)68(84)88-43-59-56-34-18-14-30-52(56)53-31-15-19-35-57(53)59/h9-19,26-35,44-48,58-61H,20-21,24-25,36-43H2,1-6H3,(H,69,79)(H,70,80)/t44-,45+,46-,47-,48+,60+,61+/m1/s1. The normalized spacial score (nSPS) is 16.7. The maximum absolute atomic E-state index is 14.8. The Hall–Kier alpha value is -9.02. The molecule has 20 nitrogen and oxygen atoms in total. The third-order valence-corrected chi connectivity index (χ3v) is 18.2. The zero-order valence-corrected chi connectivity index (χ0v) is 51.7. The minimum atomic E-state index is -1.20. The number of hydrogen-bond donors (Lipinski definition) is 2. The van der Waals surface area contributed by atoms with Gasteiger partial charge < -0.3 is 39.4 Å². The van der Waals surface area contributed by atoms with Crippen LogP contribution in [-0.4, -0.2) is 178 Å². The first kappa shape index (κ1) is 63.0. The fraction of sp³-hybridized carbons (Fsp3) is 0.397. The van der Waals surface area contributed by atoms with Crippen LogP contribution in [0.1, 0.15) is 87.5 Å². The Labute approximate surface area is 523 Å². The second-order valence-corrected chi connectivity index (χ2v) is 23.7. The first-order valence-corrected chi connectivity index (χ1v) is 31.0. The molecule has 5 aromatic carbocycles. The number of amides is 6. The van der Waals surface area contributed by atoms with Gasteiger partial charge in [0.1, 0.15) is 50.6 Å². The second-order valence-electron chi connectivity index (χ2n) is 22.7. The highest BCUT2D eigenvalue weighted by atomic mass is 32.2. The minimum absolute atomic E-state index is 0.0619. The van der Waals surface area contributed by atoms with Crippen LogP contribution in [0.25, 0.3) is 22.3 Å². The first-order chi connectivity index (χ1) is 43.2. The van der Waals surface area contributed by atoms with E-state index in [0.29, 0.717) is 44.2 Å². The number of hydrogen-bond acceptors (Lipinski definition) is 14. The number of ether oxygens (including phenoxy) is 4. The van der Waals surface area contributed by atoms with Gasteiger partial charge in [0, 0.05) is 50.5 Å². The van der Waals surface area contributed by atoms with E-state index >= 15 is 0 Å². The molecule has 462 valence electrons. The molecule has 2 N–H and O–H groups in total. The molecule has 21 heteroatoms. The summed E-state index contributed by atoms with van der Waals surface area (Å²) in [5.74, 6) is 9.03. The molecule has 0 bridgehead atoms. The molecule has 0 unspecified atom stereocenters. The van der Waals surface area contributed by atoms with Gasteiger partial charge in [-0.2, -0.15) is 0 Å². The van der Waals surface area contributed by atoms with Crippen molar-refractivity contribution in [3.05, 3.63) is 150 Å². The SMILES string of the molecule is C[C@H](C(=O)N[C@H](C(=O)N1CCCC1)[C@@H](C)OCC#CC#CCO[C@H](C)[C@H](NC(=O)[C@H](C)N(C)C(=O)OCC1c2ccccc2-c2ccccc21)C(=O)N1CCC[C@H]1Cn1nnnc1Sc1ccccc1)N(C)C(=O)OCC1c2ccccc2-c2ccccc21. The topological polar surface area (TPSA) is 220 Å². The Morgan fingerprint density at radius 3 is 1.49 bits per heavy atom. The van der Waals surface area contributed by atoms with E-state index in [1.165, 1.54) is 35.7 Å². The summed E-state index contributed by atoms with van der Waals surface area (Å²) < 4.78 is 25.6. The number of likely N-dealkylation sites (tertiary alicyclic amines) is 2. The van der Waals surface area contributed by atoms with Gasteiger partial charge in [-0.05, 0) is 144 Å². The molecule has 2 aliphatic carbocycles. The molecule has 89 heavy (non-hydrogen) atoms. The summed E-state index contributed by atoms with van der Waals surface area (Å²) in [5, 5.41) is 18.8. The largest absolute Gasteiger partial charge is 0.448 e. The number of carbonyl (C=O) groups excluding carboxylic acids is 6. The van der Waals surface area contributed by atoms with Crippen LogP contribution < -0.4 is 10.6 Å². The predicted octanol–water partition coefficient (Wildman–Crippen LogP) is 7.76. The van der Waals surface area contributed by atoms with Crippen LogP contribution in [0, 0.1) is 23.7 Å². The average molecular weight is 1220 g/mol. The van der Waals surface area contributed by atoms with Gasteiger partial charge in [0.15, 0.2) is 0 Å². The maximum Gasteiger partial charge on any atom is 0.410 e. The molecule has 1 aromatic heterocycles. The van der Waals surface area contributed by atoms with Gasteiger partial charge in [-0.3, -0.25) is 29.0 Å². The van der Waals surface area contributed by atoms with Crippen molar-refractivity contribution >= 4 is 47.6 Å². The Bertz CT molecular complexity index is 3580. The molecule has 10 rings (SSSR count). The molecule has 0 radical (unpaired) electrons. The number of benzene rings is 5. The zero-order valence-electron chi connectivity index (χ0n) is 50.9. The number of rotatable bonds is 22. The summed E-state index contributed by atoms with van der Waals surface area (Å²) in [4.78, 5) is 90.9. The number of tetrazole rings is 1. The van der Waals surface area contributed by atoms with E-state index in [9.17, 15) is 28.8 Å². The van der Waals surface area contributed by atoms with Crippen LogP contribution in [0.4, 0.5) is 9.59 Å². The monoisotopic (exact) mass is 1220 g/mol. The number of nitrogens with one attached hydrogen (secondary N) is 2. The van der Waals surface area contributed by atoms with Crippen LogP contribution in [0.2, 0.25) is 0 Å². The molecule has 0 saturated carbocycles. The zero-order chi connectivity index (χ0) is 62.6. The fourth-order valence-corrected chi connectivity index (χ4v) is 12.7. The summed E-state index contributed by atoms with van der Waals surface area (Å²) in [5.41, 5.74) is 8.62. The molecule has 2 saturated heterocycles. The van der Waals surface area contributed by atoms with Crippen molar-refractivity contribution < 1.29 is 47.7 Å². The van der Waals surface area contributed by atoms with E-state index in [4.69, 9.17) is 18.9 Å². The number of likely N-dealkylation sites (N-methyl/N-ethyl adjacent to an activating group) is 2. The predicted molar refractivity (Wildman–Crippen MR) is 334 cm³/mol. The second kappa shape index (κ2) is 29.3. The Kier molecular flexibility index (Phi) is 20.8. The van der Waals surface area contributed by atoms with Gasteiger partial charge in [0.05, 0.1) is 24.8 Å². The van der Waals surface area contributed by atoms with Crippen molar-refractivity contribution in [3.63, 3.8) is 0 Å². The molecule has 4 aliphatic rings. The van der Waals surface area contributed by atoms with Crippen molar-refractivity contribution in [1.82, 2.24) is 50.4 Å². The molecular weight excluding hydrogens is 1150 g/mol. The van der Waals surface area contributed by atoms with E-state index in [1.807, 2.05) is 103 Å². The average Bonchev–Trinajstić information content (AvgIpc) is 1.83. The van der Waals surface area contributed by atoms with Crippen molar-refractivity contribution in [2.45, 2.75) is 124 Å². The summed E-state index contributed by atoms with van der Waals surface area (Å²) in [6.45, 7) is 8.14. The molecule has 2 fully saturated rings. The van der Waals surface area contributed by atoms with Crippen LogP contribution in [0.15, 0.2) is 137 Å². The number of nitrogens with zero attached hydrogens (tertiary/aromatic N) is 8. The lowest BCUT2D eigenvalue weighted by Gasteiger charge is -2.33. The Morgan fingerprint density at radius 1 is 0.584 bits per heavy atom. The number of carbonyl (C=O) groups is 6. The highest BCUT2D eigenvalue weighted by Crippen LogP contribution is 2.46. The van der Waals surface area contributed by atoms with E-state index in [-0.39, 0.29) is 56.1 Å². The van der Waals surface area contributed by atoms with Crippen LogP contribution in [0.3, 0.4) is 0 Å². The lowest BCUT2D eigenvalue weighted by molar-refractivity contribution is -0.142. The van der Waals surface area contributed by atoms with Gasteiger partial charge >= 0.3 is 12.2 Å². The third kappa shape index (κ3) is 14.6. The molecule has 7 atom stereocenters. The lowest BCUT2D eigenvalue weighted by atomic mass is 9.98. The van der Waals surface area contributed by atoms with Gasteiger partial charge in [0.2, 0.25) is 28.8 Å². The maximum atomic E-state index is 14.8. The van der Waals surface area contributed by atoms with E-state index in [1.54, 1.807) is 42.2 Å². The Balaban J connectivity index is 0.751. The van der Waals surface area contributed by atoms with Gasteiger partial charge in [-0.15, -0.1) is 5.10 Å². The number of fused-ring (bicyclic) bond motifs is 6. The summed E-state index contributed by atoms with van der Waals surface area (Å²) in [6.07, 6.45) is -0.0786. The third-order valence-electron chi connectivity index (χ3n) is 17.2. The molecule has 6 amide bonds. The highest BCUT2D eigenvalue weighted by Gasteiger charge is 2.40. The van der Waals surface area contributed by atoms with Gasteiger partial charge in [0.25, 0.3) is 0 Å². The van der Waals surface area contributed by atoms with E-state index < -0.39 is 60.4 Å². The smallest absolute Gasteiger partial charge is 0.410 e. The quantitative estimate of drug-likeness (QED) is 0.0621. The lowest BCUT2D eigenvalue weighted by Crippen LogP contribution is -2.58. The van der Waals surface area contributed by atoms with Crippen molar-refractivity contribution in [2.75, 3.05) is 60.2 Å². The van der Waals surface area contributed by atoms with Crippen molar-refractivity contribution in [3.8, 4) is 45.9 Å². The summed E-state index contributed by atoms with van der Waals surface area (Å²) >= 11 is 1.41. The van der Waals surface area contributed by atoms with Gasteiger partial charge in [-0.1, -0.05) is 127 Å². The van der Waals surface area contributed by atoms with Crippen LogP contribution in [-0.2, 0) is 44.7 Å². The molecule has 0 spiro atoms. The fourth-order valence-electron chi connectivity index (χ4n) is 11.9. The highest BCUT2D eigenvalue weighted by molar-refractivity contribution is 7.99. The number of aromatic nitrogens is 4. The first-order valence-electron chi connectivity index (χ1n) is 30.2. The minimum Gasteiger partial charge on any atom is -0.448 e. The van der Waals surface area contributed by atoms with Crippen LogP contribution >= 0.6 is 11.8 Å². The van der Waals surface area contributed by atoms with Crippen LogP contribution in [0.5, 0.6) is 0 Å². The molecule has 3 heterocycles.